The molecule has 3 aromatic carbocycles. The molecule has 4 heteroatoms. The number of aryl methyl sites for hydroxylation is 2. The van der Waals surface area contributed by atoms with E-state index < -0.39 is 6.23 Å². The van der Waals surface area contributed by atoms with Crippen LogP contribution in [0.5, 0.6) is 5.75 Å². The van der Waals surface area contributed by atoms with Gasteiger partial charge in [0.2, 0.25) is 5.78 Å². The minimum absolute atomic E-state index is 0.00403. The molecule has 0 spiro atoms. The largest absolute Gasteiger partial charge is 0.461 e. The zero-order valence-corrected chi connectivity index (χ0v) is 16.5. The minimum atomic E-state index is -0.763. The Hall–Kier alpha value is -3.40. The second-order valence-electron chi connectivity index (χ2n) is 7.75. The molecule has 0 aliphatic carbocycles. The van der Waals surface area contributed by atoms with E-state index >= 15 is 0 Å². The molecule has 3 aromatic rings. The number of ketones is 1. The predicted octanol–water partition coefficient (Wildman–Crippen LogP) is 5.06. The van der Waals surface area contributed by atoms with Crippen molar-refractivity contribution in [3.8, 4) is 5.75 Å². The summed E-state index contributed by atoms with van der Waals surface area (Å²) in [6, 6.07) is 23.9. The summed E-state index contributed by atoms with van der Waals surface area (Å²) in [5.74, 6) is 0.693. The molecule has 0 saturated carbocycles. The lowest BCUT2D eigenvalue weighted by atomic mass is 9.95. The van der Waals surface area contributed by atoms with E-state index in [-0.39, 0.29) is 11.8 Å². The van der Waals surface area contributed by atoms with Crippen LogP contribution in [-0.4, -0.2) is 22.7 Å². The number of carbonyl (C=O) groups excluding carboxylic acids is 1. The Morgan fingerprint density at radius 1 is 0.931 bits per heavy atom. The molecule has 0 bridgehead atoms. The molecule has 29 heavy (non-hydrogen) atoms. The average Bonchev–Trinajstić information content (AvgIpc) is 3.19. The summed E-state index contributed by atoms with van der Waals surface area (Å²) in [7, 11) is 0. The van der Waals surface area contributed by atoms with E-state index in [9.17, 15) is 4.79 Å². The lowest BCUT2D eigenvalue weighted by molar-refractivity contribution is -0.00455. The summed E-state index contributed by atoms with van der Waals surface area (Å²) in [5, 5.41) is 6.71. The van der Waals surface area contributed by atoms with Gasteiger partial charge in [0.15, 0.2) is 0 Å². The van der Waals surface area contributed by atoms with Gasteiger partial charge in [0, 0.05) is 17.5 Å². The molecule has 0 saturated heterocycles. The van der Waals surface area contributed by atoms with E-state index in [1.165, 1.54) is 5.56 Å². The molecule has 2 aliphatic rings. The standard InChI is InChI=1S/C25H22N2O2/c1-16-7-11-18(12-8-16)21-15-22-20-5-3-4-6-23(20)29-25(27(22)26-21)24(28)19-13-9-17(2)10-14-19/h3-14,22,25H,15H2,1-2H3/t22-,25-/m0/s1. The average molecular weight is 382 g/mol. The first-order valence-corrected chi connectivity index (χ1v) is 9.89. The van der Waals surface area contributed by atoms with Crippen LogP contribution in [0.1, 0.15) is 45.1 Å². The number of benzene rings is 3. The van der Waals surface area contributed by atoms with Gasteiger partial charge in [-0.15, -0.1) is 0 Å². The van der Waals surface area contributed by atoms with E-state index in [0.717, 1.165) is 34.6 Å². The van der Waals surface area contributed by atoms with E-state index in [1.54, 1.807) is 0 Å². The van der Waals surface area contributed by atoms with Crippen LogP contribution in [0.3, 0.4) is 0 Å². The Morgan fingerprint density at radius 2 is 1.59 bits per heavy atom. The smallest absolute Gasteiger partial charge is 0.251 e. The Kier molecular flexibility index (Phi) is 4.20. The fraction of sp³-hybridized carbons (Fsp3) is 0.200. The van der Waals surface area contributed by atoms with Gasteiger partial charge in [-0.25, -0.2) is 5.01 Å². The second-order valence-corrected chi connectivity index (χ2v) is 7.75. The zero-order chi connectivity index (χ0) is 20.0. The Morgan fingerprint density at radius 3 is 2.31 bits per heavy atom. The molecular formula is C25H22N2O2. The fourth-order valence-corrected chi connectivity index (χ4v) is 3.99. The third-order valence-electron chi connectivity index (χ3n) is 5.64. The van der Waals surface area contributed by atoms with Crippen LogP contribution in [0.4, 0.5) is 0 Å². The van der Waals surface area contributed by atoms with Crippen molar-refractivity contribution in [1.29, 1.82) is 0 Å². The summed E-state index contributed by atoms with van der Waals surface area (Å²) in [6.07, 6.45) is -0.0123. The molecule has 144 valence electrons. The van der Waals surface area contributed by atoms with E-state index in [2.05, 4.69) is 37.3 Å². The number of rotatable bonds is 3. The van der Waals surface area contributed by atoms with Gasteiger partial charge >= 0.3 is 0 Å². The van der Waals surface area contributed by atoms with E-state index in [0.29, 0.717) is 5.56 Å². The molecule has 0 unspecified atom stereocenters. The van der Waals surface area contributed by atoms with Crippen molar-refractivity contribution < 1.29 is 9.53 Å². The summed E-state index contributed by atoms with van der Waals surface area (Å²) < 4.78 is 6.16. The van der Waals surface area contributed by atoms with Crippen molar-refractivity contribution in [1.82, 2.24) is 5.01 Å². The molecule has 2 heterocycles. The van der Waals surface area contributed by atoms with Gasteiger partial charge in [-0.05, 0) is 25.5 Å². The van der Waals surface area contributed by atoms with E-state index in [4.69, 9.17) is 9.84 Å². The maximum absolute atomic E-state index is 13.3. The maximum Gasteiger partial charge on any atom is 0.251 e. The number of hydrazone groups is 1. The lowest BCUT2D eigenvalue weighted by Gasteiger charge is -2.37. The Bertz CT molecular complexity index is 1100. The van der Waals surface area contributed by atoms with Crippen LogP contribution in [-0.2, 0) is 0 Å². The number of fused-ring (bicyclic) bond motifs is 3. The number of nitrogens with zero attached hydrogens (tertiary/aromatic N) is 2. The highest BCUT2D eigenvalue weighted by atomic mass is 16.5. The fourth-order valence-electron chi connectivity index (χ4n) is 3.99. The van der Waals surface area contributed by atoms with Gasteiger partial charge in [0.25, 0.3) is 6.23 Å². The first-order chi connectivity index (χ1) is 14.1. The molecule has 2 atom stereocenters. The van der Waals surface area contributed by atoms with Gasteiger partial charge in [0.05, 0.1) is 11.8 Å². The first kappa shape index (κ1) is 17.7. The highest BCUT2D eigenvalue weighted by Crippen LogP contribution is 2.43. The van der Waals surface area contributed by atoms with Gasteiger partial charge in [-0.3, -0.25) is 4.79 Å². The normalized spacial score (nSPS) is 19.8. The Balaban J connectivity index is 1.55. The van der Waals surface area contributed by atoms with Crippen LogP contribution in [0, 0.1) is 13.8 Å². The molecule has 4 nitrogen and oxygen atoms in total. The number of para-hydroxylation sites is 1. The summed E-state index contributed by atoms with van der Waals surface area (Å²) in [6.45, 7) is 4.08. The van der Waals surface area contributed by atoms with Gasteiger partial charge in [-0.2, -0.15) is 5.10 Å². The molecule has 0 N–H and O–H groups in total. The first-order valence-electron chi connectivity index (χ1n) is 9.89. The predicted molar refractivity (Wildman–Crippen MR) is 113 cm³/mol. The number of hydrogen-bond donors (Lipinski definition) is 0. The number of Topliss-reactive ketones (excluding diaryl/α,β-unsaturated/α-hetero) is 1. The molecular weight excluding hydrogens is 360 g/mol. The third kappa shape index (κ3) is 3.11. The van der Waals surface area contributed by atoms with E-state index in [1.807, 2.05) is 54.4 Å². The highest BCUT2D eigenvalue weighted by molar-refractivity contribution is 6.03. The van der Waals surface area contributed by atoms with Crippen LogP contribution in [0.2, 0.25) is 0 Å². The SMILES string of the molecule is Cc1ccc(C(=O)[C@@H]2Oc3ccccc3[C@@H]3CC(c4ccc(C)cc4)=NN23)cc1. The van der Waals surface area contributed by atoms with Gasteiger partial charge in [-0.1, -0.05) is 77.9 Å². The summed E-state index contributed by atoms with van der Waals surface area (Å²) in [4.78, 5) is 13.3. The number of ether oxygens (including phenoxy) is 1. The van der Waals surface area contributed by atoms with Crippen LogP contribution in [0.25, 0.3) is 0 Å². The molecule has 0 amide bonds. The van der Waals surface area contributed by atoms with Crippen LogP contribution >= 0.6 is 0 Å². The van der Waals surface area contributed by atoms with Crippen molar-refractivity contribution >= 4 is 11.5 Å². The van der Waals surface area contributed by atoms with Crippen molar-refractivity contribution in [2.75, 3.05) is 0 Å². The van der Waals surface area contributed by atoms with Gasteiger partial charge < -0.3 is 4.74 Å². The molecule has 0 fully saturated rings. The summed E-state index contributed by atoms with van der Waals surface area (Å²) >= 11 is 0. The highest BCUT2D eigenvalue weighted by Gasteiger charge is 2.43. The lowest BCUT2D eigenvalue weighted by Crippen LogP contribution is -2.45. The molecule has 0 aromatic heterocycles. The van der Waals surface area contributed by atoms with Crippen molar-refractivity contribution in [2.45, 2.75) is 32.5 Å². The topological polar surface area (TPSA) is 41.9 Å². The number of carbonyl (C=O) groups is 1. The van der Waals surface area contributed by atoms with Gasteiger partial charge in [0.1, 0.15) is 5.75 Å². The third-order valence-corrected chi connectivity index (χ3v) is 5.64. The van der Waals surface area contributed by atoms with Crippen LogP contribution < -0.4 is 4.74 Å². The van der Waals surface area contributed by atoms with Crippen molar-refractivity contribution in [3.63, 3.8) is 0 Å². The molecule has 2 aliphatic heterocycles. The number of hydrogen-bond acceptors (Lipinski definition) is 4. The Labute approximate surface area is 170 Å². The second kappa shape index (κ2) is 6.89. The minimum Gasteiger partial charge on any atom is -0.461 e. The zero-order valence-electron chi connectivity index (χ0n) is 16.5. The maximum atomic E-state index is 13.3. The van der Waals surface area contributed by atoms with Crippen molar-refractivity contribution in [3.05, 3.63) is 101 Å². The quantitative estimate of drug-likeness (QED) is 0.595. The molecule has 5 rings (SSSR count). The van der Waals surface area contributed by atoms with Crippen molar-refractivity contribution in [2.24, 2.45) is 5.10 Å². The summed E-state index contributed by atoms with van der Waals surface area (Å²) in [5.41, 5.74) is 6.12. The monoisotopic (exact) mass is 382 g/mol. The van der Waals surface area contributed by atoms with Crippen LogP contribution in [0.15, 0.2) is 77.9 Å². The molecule has 0 radical (unpaired) electrons.